The molecule has 1 aromatic carbocycles. The molecule has 0 radical (unpaired) electrons. The Kier molecular flexibility index (Phi) is 5.06. The van der Waals surface area contributed by atoms with E-state index >= 15 is 0 Å². The van der Waals surface area contributed by atoms with E-state index in [0.717, 1.165) is 19.4 Å². The Morgan fingerprint density at radius 1 is 1.44 bits per heavy atom. The highest BCUT2D eigenvalue weighted by Gasteiger charge is 2.22. The van der Waals surface area contributed by atoms with Crippen LogP contribution >= 0.6 is 24.0 Å². The average Bonchev–Trinajstić information content (AvgIpc) is 2.74. The van der Waals surface area contributed by atoms with Crippen LogP contribution in [0.4, 0.5) is 5.69 Å². The summed E-state index contributed by atoms with van der Waals surface area (Å²) >= 11 is 5.94. The van der Waals surface area contributed by atoms with Crippen molar-refractivity contribution in [3.05, 3.63) is 29.3 Å². The van der Waals surface area contributed by atoms with Crippen LogP contribution in [0.25, 0.3) is 0 Å². The Hall–Kier alpha value is -0.770. The smallest absolute Gasteiger partial charge is 0.241 e. The monoisotopic (exact) mass is 260 g/mol. The first-order chi connectivity index (χ1) is 7.27. The third kappa shape index (κ3) is 3.11. The van der Waals surface area contributed by atoms with Crippen molar-refractivity contribution in [1.82, 2.24) is 5.32 Å². The van der Waals surface area contributed by atoms with Gasteiger partial charge in [0.2, 0.25) is 5.91 Å². The van der Waals surface area contributed by atoms with Gasteiger partial charge in [-0.2, -0.15) is 0 Å². The number of carbonyl (C=O) groups is 1. The SMILES string of the molecule is Cl.O=C(Nc1ccccc1Cl)[C@@H]1CCCN1. The first-order valence-electron chi connectivity index (χ1n) is 5.06. The molecule has 0 saturated carbocycles. The van der Waals surface area contributed by atoms with E-state index in [0.29, 0.717) is 10.7 Å². The molecule has 1 aliphatic heterocycles. The van der Waals surface area contributed by atoms with Crippen molar-refractivity contribution >= 4 is 35.6 Å². The fourth-order valence-electron chi connectivity index (χ4n) is 1.69. The molecule has 88 valence electrons. The highest BCUT2D eigenvalue weighted by molar-refractivity contribution is 6.33. The van der Waals surface area contributed by atoms with Gasteiger partial charge in [0.25, 0.3) is 0 Å². The number of carbonyl (C=O) groups excluding carboxylic acids is 1. The highest BCUT2D eigenvalue weighted by Crippen LogP contribution is 2.21. The van der Waals surface area contributed by atoms with Crippen LogP contribution in [0.3, 0.4) is 0 Å². The molecule has 1 aliphatic rings. The Bertz CT molecular complexity index is 365. The first-order valence-corrected chi connectivity index (χ1v) is 5.44. The van der Waals surface area contributed by atoms with Crippen LogP contribution in [0.1, 0.15) is 12.8 Å². The predicted octanol–water partition coefficient (Wildman–Crippen LogP) is 2.45. The van der Waals surface area contributed by atoms with Gasteiger partial charge in [0.15, 0.2) is 0 Å². The number of benzene rings is 1. The maximum Gasteiger partial charge on any atom is 0.241 e. The van der Waals surface area contributed by atoms with Crippen molar-refractivity contribution in [1.29, 1.82) is 0 Å². The number of amides is 1. The number of anilines is 1. The lowest BCUT2D eigenvalue weighted by atomic mass is 10.2. The number of rotatable bonds is 2. The maximum absolute atomic E-state index is 11.7. The van der Waals surface area contributed by atoms with Crippen LogP contribution in [-0.2, 0) is 4.79 Å². The lowest BCUT2D eigenvalue weighted by Crippen LogP contribution is -2.35. The summed E-state index contributed by atoms with van der Waals surface area (Å²) in [5, 5.41) is 6.53. The Morgan fingerprint density at radius 3 is 2.81 bits per heavy atom. The molecule has 0 unspecified atom stereocenters. The summed E-state index contributed by atoms with van der Waals surface area (Å²) in [5.74, 6) is 0.000556. The zero-order chi connectivity index (χ0) is 10.7. The minimum atomic E-state index is -0.0683. The third-order valence-electron chi connectivity index (χ3n) is 2.51. The molecule has 0 spiro atoms. The van der Waals surface area contributed by atoms with E-state index in [1.807, 2.05) is 12.1 Å². The molecule has 0 bridgehead atoms. The molecule has 1 heterocycles. The Morgan fingerprint density at radius 2 is 2.19 bits per heavy atom. The highest BCUT2D eigenvalue weighted by atomic mass is 35.5. The maximum atomic E-state index is 11.7. The van der Waals surface area contributed by atoms with E-state index in [2.05, 4.69) is 10.6 Å². The largest absolute Gasteiger partial charge is 0.323 e. The molecular formula is C11H14Cl2N2O. The molecule has 0 aliphatic carbocycles. The normalized spacial score (nSPS) is 18.9. The molecule has 16 heavy (non-hydrogen) atoms. The fraction of sp³-hybridized carbons (Fsp3) is 0.364. The van der Waals surface area contributed by atoms with Gasteiger partial charge in [0.05, 0.1) is 16.8 Å². The quantitative estimate of drug-likeness (QED) is 0.858. The van der Waals surface area contributed by atoms with Gasteiger partial charge < -0.3 is 10.6 Å². The van der Waals surface area contributed by atoms with Crippen LogP contribution < -0.4 is 10.6 Å². The number of hydrogen-bond acceptors (Lipinski definition) is 2. The standard InChI is InChI=1S/C11H13ClN2O.ClH/c12-8-4-1-2-5-9(8)14-11(15)10-6-3-7-13-10;/h1-2,4-5,10,13H,3,6-7H2,(H,14,15);1H/t10-;/m0./s1. The molecule has 1 amide bonds. The van der Waals surface area contributed by atoms with E-state index in [4.69, 9.17) is 11.6 Å². The minimum Gasteiger partial charge on any atom is -0.323 e. The summed E-state index contributed by atoms with van der Waals surface area (Å²) in [4.78, 5) is 11.7. The van der Waals surface area contributed by atoms with Crippen molar-refractivity contribution < 1.29 is 4.79 Å². The van der Waals surface area contributed by atoms with Gasteiger partial charge >= 0.3 is 0 Å². The van der Waals surface area contributed by atoms with E-state index in [1.165, 1.54) is 0 Å². The second-order valence-electron chi connectivity index (χ2n) is 3.62. The van der Waals surface area contributed by atoms with Gasteiger partial charge in [-0.25, -0.2) is 0 Å². The number of hydrogen-bond donors (Lipinski definition) is 2. The third-order valence-corrected chi connectivity index (χ3v) is 2.84. The van der Waals surface area contributed by atoms with Gasteiger partial charge in [-0.1, -0.05) is 23.7 Å². The first kappa shape index (κ1) is 13.3. The second-order valence-corrected chi connectivity index (χ2v) is 4.03. The fourth-order valence-corrected chi connectivity index (χ4v) is 1.87. The van der Waals surface area contributed by atoms with Crippen molar-refractivity contribution in [3.8, 4) is 0 Å². The zero-order valence-corrected chi connectivity index (χ0v) is 10.3. The summed E-state index contributed by atoms with van der Waals surface area (Å²) in [6.45, 7) is 0.917. The lowest BCUT2D eigenvalue weighted by molar-refractivity contribution is -0.117. The molecule has 1 aromatic rings. The van der Waals surface area contributed by atoms with E-state index in [1.54, 1.807) is 12.1 Å². The Balaban J connectivity index is 0.00000128. The van der Waals surface area contributed by atoms with E-state index in [9.17, 15) is 4.79 Å². The van der Waals surface area contributed by atoms with Crippen LogP contribution in [0.15, 0.2) is 24.3 Å². The molecule has 3 nitrogen and oxygen atoms in total. The molecule has 1 fully saturated rings. The van der Waals surface area contributed by atoms with Crippen LogP contribution in [0.5, 0.6) is 0 Å². The van der Waals surface area contributed by atoms with E-state index < -0.39 is 0 Å². The van der Waals surface area contributed by atoms with Gasteiger partial charge in [-0.15, -0.1) is 12.4 Å². The summed E-state index contributed by atoms with van der Waals surface area (Å²) in [5.41, 5.74) is 0.679. The van der Waals surface area contributed by atoms with Gasteiger partial charge in [-0.3, -0.25) is 4.79 Å². The molecule has 1 atom stereocenters. The lowest BCUT2D eigenvalue weighted by Gasteiger charge is -2.11. The molecule has 1 saturated heterocycles. The predicted molar refractivity (Wildman–Crippen MR) is 68.4 cm³/mol. The molecule has 5 heteroatoms. The minimum absolute atomic E-state index is 0. The van der Waals surface area contributed by atoms with Crippen LogP contribution in [0, 0.1) is 0 Å². The van der Waals surface area contributed by atoms with Gasteiger partial charge in [-0.05, 0) is 31.5 Å². The summed E-state index contributed by atoms with van der Waals surface area (Å²) in [6.07, 6.45) is 1.96. The Labute approximate surface area is 106 Å². The van der Waals surface area contributed by atoms with Crippen molar-refractivity contribution in [2.45, 2.75) is 18.9 Å². The summed E-state index contributed by atoms with van der Waals surface area (Å²) < 4.78 is 0. The van der Waals surface area contributed by atoms with Crippen molar-refractivity contribution in [3.63, 3.8) is 0 Å². The molecular weight excluding hydrogens is 247 g/mol. The van der Waals surface area contributed by atoms with Gasteiger partial charge in [0, 0.05) is 0 Å². The number of halogens is 2. The molecule has 2 rings (SSSR count). The summed E-state index contributed by atoms with van der Waals surface area (Å²) in [6, 6.07) is 7.19. The number of para-hydroxylation sites is 1. The summed E-state index contributed by atoms with van der Waals surface area (Å²) in [7, 11) is 0. The van der Waals surface area contributed by atoms with Crippen molar-refractivity contribution in [2.75, 3.05) is 11.9 Å². The zero-order valence-electron chi connectivity index (χ0n) is 8.70. The van der Waals surface area contributed by atoms with Crippen LogP contribution in [-0.4, -0.2) is 18.5 Å². The van der Waals surface area contributed by atoms with Crippen LogP contribution in [0.2, 0.25) is 5.02 Å². The topological polar surface area (TPSA) is 41.1 Å². The molecule has 0 aromatic heterocycles. The van der Waals surface area contributed by atoms with E-state index in [-0.39, 0.29) is 24.4 Å². The van der Waals surface area contributed by atoms with Gasteiger partial charge in [0.1, 0.15) is 0 Å². The average molecular weight is 261 g/mol. The molecule has 2 N–H and O–H groups in total. The number of nitrogens with one attached hydrogen (secondary N) is 2. The van der Waals surface area contributed by atoms with Crippen molar-refractivity contribution in [2.24, 2.45) is 0 Å². The second kappa shape index (κ2) is 6.09.